The molecule has 0 unspecified atom stereocenters. The van der Waals surface area contributed by atoms with Crippen molar-refractivity contribution in [3.63, 3.8) is 0 Å². The minimum atomic E-state index is 0.677. The van der Waals surface area contributed by atoms with E-state index in [-0.39, 0.29) is 0 Å². The summed E-state index contributed by atoms with van der Waals surface area (Å²) in [7, 11) is 0. The maximum atomic E-state index is 6.30. The van der Waals surface area contributed by atoms with Crippen LogP contribution in [0.25, 0.3) is 11.0 Å². The van der Waals surface area contributed by atoms with Crippen molar-refractivity contribution >= 4 is 45.7 Å². The molecule has 0 bridgehead atoms. The topological polar surface area (TPSA) is 49.8 Å². The fourth-order valence-electron chi connectivity index (χ4n) is 2.74. The third kappa shape index (κ3) is 2.22. The summed E-state index contributed by atoms with van der Waals surface area (Å²) in [6, 6.07) is 10.2. The van der Waals surface area contributed by atoms with Crippen LogP contribution in [0.5, 0.6) is 0 Å². The molecule has 0 radical (unpaired) electrons. The van der Waals surface area contributed by atoms with E-state index in [0.29, 0.717) is 11.6 Å². The predicted octanol–water partition coefficient (Wildman–Crippen LogP) is 3.92. The molecule has 106 valence electrons. The number of nitrogens with zero attached hydrogens (tertiary/aromatic N) is 2. The number of rotatable bonds is 3. The Hall–Kier alpha value is -1.85. The molecule has 1 aliphatic heterocycles. The third-order valence-electron chi connectivity index (χ3n) is 3.77. The van der Waals surface area contributed by atoms with Crippen molar-refractivity contribution in [2.24, 2.45) is 0 Å². The summed E-state index contributed by atoms with van der Waals surface area (Å²) < 4.78 is 8.59. The predicted molar refractivity (Wildman–Crippen MR) is 88.4 cm³/mol. The van der Waals surface area contributed by atoms with Gasteiger partial charge in [0.2, 0.25) is 0 Å². The molecule has 4 rings (SSSR count). The van der Waals surface area contributed by atoms with Crippen molar-refractivity contribution in [2.75, 3.05) is 17.2 Å². The molecule has 4 nitrogen and oxygen atoms in total. The zero-order valence-electron chi connectivity index (χ0n) is 11.2. The van der Waals surface area contributed by atoms with Crippen molar-refractivity contribution in [2.45, 2.75) is 13.0 Å². The van der Waals surface area contributed by atoms with Crippen LogP contribution in [0, 0.1) is 0 Å². The van der Waals surface area contributed by atoms with Crippen molar-refractivity contribution in [3.05, 3.63) is 46.5 Å². The fourth-order valence-corrected chi connectivity index (χ4v) is 3.50. The Balaban J connectivity index is 1.66. The molecule has 21 heavy (non-hydrogen) atoms. The lowest BCUT2D eigenvalue weighted by Gasteiger charge is -2.12. The minimum Gasteiger partial charge on any atom is -0.384 e. The number of hydrogen-bond donors (Lipinski definition) is 2. The second kappa shape index (κ2) is 5.16. The Morgan fingerprint density at radius 3 is 3.14 bits per heavy atom. The molecule has 1 aliphatic rings. The highest BCUT2D eigenvalue weighted by Gasteiger charge is 2.15. The summed E-state index contributed by atoms with van der Waals surface area (Å²) in [5, 5.41) is 7.55. The van der Waals surface area contributed by atoms with Crippen LogP contribution >= 0.6 is 23.3 Å². The third-order valence-corrected chi connectivity index (χ3v) is 4.62. The highest BCUT2D eigenvalue weighted by molar-refractivity contribution is 7.00. The molecular formula is C15H13ClN4S. The van der Waals surface area contributed by atoms with E-state index in [1.165, 1.54) is 28.5 Å². The maximum absolute atomic E-state index is 6.30. The molecule has 0 aliphatic carbocycles. The van der Waals surface area contributed by atoms with E-state index < -0.39 is 0 Å². The molecule has 2 aromatic carbocycles. The molecule has 0 atom stereocenters. The van der Waals surface area contributed by atoms with Gasteiger partial charge in [0.25, 0.3) is 0 Å². The zero-order chi connectivity index (χ0) is 14.2. The van der Waals surface area contributed by atoms with E-state index in [1.807, 2.05) is 12.1 Å². The lowest BCUT2D eigenvalue weighted by molar-refractivity contribution is 1.11. The largest absolute Gasteiger partial charge is 0.384 e. The van der Waals surface area contributed by atoms with Gasteiger partial charge in [-0.15, -0.1) is 0 Å². The van der Waals surface area contributed by atoms with Crippen LogP contribution in [-0.4, -0.2) is 15.3 Å². The molecule has 0 spiro atoms. The normalized spacial score (nSPS) is 13.2. The second-order valence-corrected chi connectivity index (χ2v) is 5.97. The summed E-state index contributed by atoms with van der Waals surface area (Å²) in [4.78, 5) is 0. The van der Waals surface area contributed by atoms with Gasteiger partial charge in [0.05, 0.1) is 22.4 Å². The summed E-state index contributed by atoms with van der Waals surface area (Å²) in [6.45, 7) is 1.73. The van der Waals surface area contributed by atoms with Crippen molar-refractivity contribution in [3.8, 4) is 0 Å². The number of nitrogens with one attached hydrogen (secondary N) is 2. The van der Waals surface area contributed by atoms with E-state index >= 15 is 0 Å². The van der Waals surface area contributed by atoms with Gasteiger partial charge in [-0.1, -0.05) is 29.8 Å². The standard InChI is InChI=1S/C15H13ClN4S/c16-11-4-5-12-15(20-21-19-12)14(11)18-8-10-3-1-2-9-6-7-17-13(9)10/h1-5,17-18H,6-8H2. The number of aromatic nitrogens is 2. The second-order valence-electron chi connectivity index (χ2n) is 5.04. The van der Waals surface area contributed by atoms with Crippen LogP contribution in [0.2, 0.25) is 5.02 Å². The summed E-state index contributed by atoms with van der Waals surface area (Å²) >= 11 is 7.51. The van der Waals surface area contributed by atoms with Gasteiger partial charge in [0, 0.05) is 18.8 Å². The average Bonchev–Trinajstić information content (AvgIpc) is 3.14. The number of benzene rings is 2. The van der Waals surface area contributed by atoms with Crippen LogP contribution < -0.4 is 10.6 Å². The first-order valence-electron chi connectivity index (χ1n) is 6.82. The maximum Gasteiger partial charge on any atom is 0.129 e. The van der Waals surface area contributed by atoms with E-state index in [2.05, 4.69) is 37.6 Å². The van der Waals surface area contributed by atoms with Gasteiger partial charge >= 0.3 is 0 Å². The number of hydrogen-bond acceptors (Lipinski definition) is 5. The first-order chi connectivity index (χ1) is 10.3. The highest BCUT2D eigenvalue weighted by atomic mass is 35.5. The van der Waals surface area contributed by atoms with Crippen LogP contribution in [-0.2, 0) is 13.0 Å². The van der Waals surface area contributed by atoms with Gasteiger partial charge < -0.3 is 10.6 Å². The SMILES string of the molecule is Clc1ccc2nsnc2c1NCc1cccc2c1NCC2. The van der Waals surface area contributed by atoms with Crippen LogP contribution in [0.4, 0.5) is 11.4 Å². The molecule has 1 aromatic heterocycles. The molecule has 0 fully saturated rings. The van der Waals surface area contributed by atoms with Crippen molar-refractivity contribution < 1.29 is 0 Å². The molecule has 2 heterocycles. The average molecular weight is 317 g/mol. The van der Waals surface area contributed by atoms with Crippen molar-refractivity contribution in [1.82, 2.24) is 8.75 Å². The van der Waals surface area contributed by atoms with E-state index in [4.69, 9.17) is 11.6 Å². The number of halogens is 1. The van der Waals surface area contributed by atoms with E-state index in [1.54, 1.807) is 0 Å². The van der Waals surface area contributed by atoms with Crippen LogP contribution in [0.3, 0.4) is 0 Å². The summed E-state index contributed by atoms with van der Waals surface area (Å²) in [5.74, 6) is 0. The summed E-state index contributed by atoms with van der Waals surface area (Å²) in [5.41, 5.74) is 6.47. The molecule has 3 aromatic rings. The Morgan fingerprint density at radius 1 is 1.24 bits per heavy atom. The minimum absolute atomic E-state index is 0.677. The lowest BCUT2D eigenvalue weighted by atomic mass is 10.1. The Morgan fingerprint density at radius 2 is 2.19 bits per heavy atom. The fraction of sp³-hybridized carbons (Fsp3) is 0.200. The number of para-hydroxylation sites is 1. The van der Waals surface area contributed by atoms with Gasteiger partial charge in [0.15, 0.2) is 0 Å². The van der Waals surface area contributed by atoms with Gasteiger partial charge in [0.1, 0.15) is 11.0 Å². The van der Waals surface area contributed by atoms with E-state index in [0.717, 1.165) is 29.7 Å². The number of anilines is 2. The van der Waals surface area contributed by atoms with Crippen molar-refractivity contribution in [1.29, 1.82) is 0 Å². The van der Waals surface area contributed by atoms with E-state index in [9.17, 15) is 0 Å². The number of fused-ring (bicyclic) bond motifs is 2. The smallest absolute Gasteiger partial charge is 0.129 e. The first kappa shape index (κ1) is 12.9. The Labute approximate surface area is 131 Å². The van der Waals surface area contributed by atoms with Crippen LogP contribution in [0.1, 0.15) is 11.1 Å². The Kier molecular flexibility index (Phi) is 3.16. The van der Waals surface area contributed by atoms with Gasteiger partial charge in [-0.25, -0.2) is 0 Å². The molecule has 6 heteroatoms. The van der Waals surface area contributed by atoms with Gasteiger partial charge in [-0.05, 0) is 29.7 Å². The molecule has 0 saturated heterocycles. The highest BCUT2D eigenvalue weighted by Crippen LogP contribution is 2.32. The molecule has 0 saturated carbocycles. The van der Waals surface area contributed by atoms with Crippen LogP contribution in [0.15, 0.2) is 30.3 Å². The summed E-state index contributed by atoms with van der Waals surface area (Å²) in [6.07, 6.45) is 1.09. The zero-order valence-corrected chi connectivity index (χ0v) is 12.8. The Bertz CT molecular complexity index is 815. The quantitative estimate of drug-likeness (QED) is 0.769. The molecule has 0 amide bonds. The monoisotopic (exact) mass is 316 g/mol. The van der Waals surface area contributed by atoms with Gasteiger partial charge in [-0.3, -0.25) is 0 Å². The van der Waals surface area contributed by atoms with Gasteiger partial charge in [-0.2, -0.15) is 8.75 Å². The molecular weight excluding hydrogens is 304 g/mol. The lowest BCUT2D eigenvalue weighted by Crippen LogP contribution is -2.04. The first-order valence-corrected chi connectivity index (χ1v) is 7.93. The molecule has 2 N–H and O–H groups in total.